The third-order valence-corrected chi connectivity index (χ3v) is 8.47. The second-order valence-corrected chi connectivity index (χ2v) is 11.1. The number of piperazine rings is 1. The molecule has 1 heterocycles. The Morgan fingerprint density at radius 2 is 1.53 bits per heavy atom. The van der Waals surface area contributed by atoms with Crippen molar-refractivity contribution in [2.45, 2.75) is 37.5 Å². The van der Waals surface area contributed by atoms with Gasteiger partial charge in [-0.3, -0.25) is 9.59 Å². The minimum absolute atomic E-state index is 0.0437. The molecule has 3 aromatic rings. The van der Waals surface area contributed by atoms with E-state index in [4.69, 9.17) is 0 Å². The Kier molecular flexibility index (Phi) is 7.17. The second kappa shape index (κ2) is 10.1. The Morgan fingerprint density at radius 3 is 2.17 bits per heavy atom. The Balaban J connectivity index is 1.57. The van der Waals surface area contributed by atoms with Gasteiger partial charge in [-0.25, -0.2) is 8.42 Å². The summed E-state index contributed by atoms with van der Waals surface area (Å²) in [6, 6.07) is 17.1. The maximum Gasteiger partial charge on any atom is 0.254 e. The number of hydrogen-bond acceptors (Lipinski definition) is 5. The van der Waals surface area contributed by atoms with Crippen LogP contribution in [0.4, 0.5) is 11.4 Å². The summed E-state index contributed by atoms with van der Waals surface area (Å²) < 4.78 is 26.6. The molecular formula is C28H31N3O4S. The first-order valence-corrected chi connectivity index (χ1v) is 13.4. The largest absolute Gasteiger partial charge is 0.368 e. The molecule has 1 saturated heterocycles. The average Bonchev–Trinajstić information content (AvgIpc) is 2.85. The minimum Gasteiger partial charge on any atom is -0.368 e. The van der Waals surface area contributed by atoms with E-state index >= 15 is 0 Å². The van der Waals surface area contributed by atoms with Gasteiger partial charge in [-0.05, 0) is 68.3 Å². The summed E-state index contributed by atoms with van der Waals surface area (Å²) in [5.74, 6) is -0.608. The van der Waals surface area contributed by atoms with Crippen molar-refractivity contribution in [1.29, 1.82) is 0 Å². The summed E-state index contributed by atoms with van der Waals surface area (Å²) in [5.41, 5.74) is 5.03. The van der Waals surface area contributed by atoms with Gasteiger partial charge < -0.3 is 15.1 Å². The van der Waals surface area contributed by atoms with E-state index in [-0.39, 0.29) is 21.4 Å². The van der Waals surface area contributed by atoms with Crippen LogP contribution in [0.2, 0.25) is 0 Å². The van der Waals surface area contributed by atoms with Crippen molar-refractivity contribution in [3.05, 3.63) is 82.9 Å². The third kappa shape index (κ3) is 5.14. The molecule has 0 saturated carbocycles. The van der Waals surface area contributed by atoms with Crippen molar-refractivity contribution < 1.29 is 18.0 Å². The molecule has 188 valence electrons. The molecule has 1 aliphatic heterocycles. The van der Waals surface area contributed by atoms with E-state index in [9.17, 15) is 18.0 Å². The number of aryl methyl sites for hydroxylation is 2. The molecule has 0 unspecified atom stereocenters. The molecular weight excluding hydrogens is 474 g/mol. The van der Waals surface area contributed by atoms with Crippen molar-refractivity contribution in [2.75, 3.05) is 36.4 Å². The molecule has 3 aromatic carbocycles. The number of rotatable bonds is 5. The lowest BCUT2D eigenvalue weighted by molar-refractivity contribution is -0.114. The molecule has 1 N–H and O–H groups in total. The number of nitrogens with one attached hydrogen (secondary N) is 1. The fourth-order valence-corrected chi connectivity index (χ4v) is 5.84. The lowest BCUT2D eigenvalue weighted by Gasteiger charge is -2.37. The van der Waals surface area contributed by atoms with Gasteiger partial charge in [-0.15, -0.1) is 0 Å². The number of amides is 2. The molecule has 0 atom stereocenters. The van der Waals surface area contributed by atoms with Gasteiger partial charge in [0.25, 0.3) is 5.91 Å². The van der Waals surface area contributed by atoms with E-state index in [1.807, 2.05) is 13.0 Å². The van der Waals surface area contributed by atoms with Gasteiger partial charge in [-0.2, -0.15) is 0 Å². The van der Waals surface area contributed by atoms with Gasteiger partial charge in [0.15, 0.2) is 0 Å². The summed E-state index contributed by atoms with van der Waals surface area (Å²) >= 11 is 0. The average molecular weight is 506 g/mol. The number of benzene rings is 3. The Labute approximate surface area is 212 Å². The highest BCUT2D eigenvalue weighted by atomic mass is 32.2. The van der Waals surface area contributed by atoms with E-state index in [1.165, 1.54) is 54.1 Å². The molecule has 0 aromatic heterocycles. The minimum atomic E-state index is -3.89. The highest BCUT2D eigenvalue weighted by Gasteiger charge is 2.27. The molecule has 0 aliphatic carbocycles. The summed E-state index contributed by atoms with van der Waals surface area (Å²) in [6.45, 7) is 9.88. The van der Waals surface area contributed by atoms with Crippen LogP contribution < -0.4 is 10.2 Å². The predicted octanol–water partition coefficient (Wildman–Crippen LogP) is 4.37. The fraction of sp³-hybridized carbons (Fsp3) is 0.286. The van der Waals surface area contributed by atoms with Gasteiger partial charge in [-0.1, -0.05) is 29.8 Å². The van der Waals surface area contributed by atoms with Crippen LogP contribution in [-0.4, -0.2) is 51.3 Å². The lowest BCUT2D eigenvalue weighted by Crippen LogP contribution is -2.49. The summed E-state index contributed by atoms with van der Waals surface area (Å²) in [6.07, 6.45) is 0. The maximum atomic E-state index is 13.3. The molecule has 8 heteroatoms. The molecule has 0 bridgehead atoms. The van der Waals surface area contributed by atoms with E-state index < -0.39 is 15.7 Å². The molecule has 1 fully saturated rings. The fourth-order valence-electron chi connectivity index (χ4n) is 4.44. The smallest absolute Gasteiger partial charge is 0.254 e. The number of carbonyl (C=O) groups excluding carboxylic acids is 2. The predicted molar refractivity (Wildman–Crippen MR) is 141 cm³/mol. The first-order chi connectivity index (χ1) is 17.1. The summed E-state index contributed by atoms with van der Waals surface area (Å²) in [7, 11) is -3.89. The zero-order valence-electron chi connectivity index (χ0n) is 21.0. The monoisotopic (exact) mass is 505 g/mol. The quantitative estimate of drug-likeness (QED) is 0.557. The first kappa shape index (κ1) is 25.4. The highest BCUT2D eigenvalue weighted by Crippen LogP contribution is 2.30. The molecule has 36 heavy (non-hydrogen) atoms. The van der Waals surface area contributed by atoms with Gasteiger partial charge >= 0.3 is 0 Å². The standard InChI is InChI=1S/C28H31N3O4S/c1-19-8-11-24(12-9-19)36(34,35)27-13-10-23(18-25(27)29-22(4)32)28(33)31-16-14-30(15-17-31)26-7-5-6-20(2)21(26)3/h5-13,18H,14-17H2,1-4H3,(H,29,32). The molecule has 4 rings (SSSR count). The van der Waals surface area contributed by atoms with E-state index in [2.05, 4.69) is 36.2 Å². The van der Waals surface area contributed by atoms with Crippen LogP contribution in [-0.2, 0) is 14.6 Å². The molecule has 2 amide bonds. The van der Waals surface area contributed by atoms with Crippen LogP contribution >= 0.6 is 0 Å². The third-order valence-electron chi connectivity index (χ3n) is 6.64. The van der Waals surface area contributed by atoms with E-state index in [0.29, 0.717) is 31.7 Å². The zero-order chi connectivity index (χ0) is 26.0. The van der Waals surface area contributed by atoms with Crippen LogP contribution in [0, 0.1) is 20.8 Å². The number of carbonyl (C=O) groups is 2. The van der Waals surface area contributed by atoms with Crippen LogP contribution in [0.1, 0.15) is 34.0 Å². The first-order valence-electron chi connectivity index (χ1n) is 11.9. The van der Waals surface area contributed by atoms with Crippen LogP contribution in [0.15, 0.2) is 70.5 Å². The van der Waals surface area contributed by atoms with E-state index in [0.717, 1.165) is 5.56 Å². The number of anilines is 2. The van der Waals surface area contributed by atoms with Gasteiger partial charge in [0.05, 0.1) is 15.5 Å². The van der Waals surface area contributed by atoms with E-state index in [1.54, 1.807) is 17.0 Å². The van der Waals surface area contributed by atoms with Crippen molar-refractivity contribution in [3.63, 3.8) is 0 Å². The van der Waals surface area contributed by atoms with Gasteiger partial charge in [0, 0.05) is 44.4 Å². The Morgan fingerprint density at radius 1 is 0.861 bits per heavy atom. The van der Waals surface area contributed by atoms with Crippen molar-refractivity contribution in [1.82, 2.24) is 4.90 Å². The summed E-state index contributed by atoms with van der Waals surface area (Å²) in [5, 5.41) is 2.60. The Bertz CT molecular complexity index is 1410. The van der Waals surface area contributed by atoms with Crippen molar-refractivity contribution in [2.24, 2.45) is 0 Å². The van der Waals surface area contributed by atoms with Gasteiger partial charge in [0.2, 0.25) is 15.7 Å². The number of nitrogens with zero attached hydrogens (tertiary/aromatic N) is 2. The molecule has 1 aliphatic rings. The maximum absolute atomic E-state index is 13.3. The SMILES string of the molecule is CC(=O)Nc1cc(C(=O)N2CCN(c3cccc(C)c3C)CC2)ccc1S(=O)(=O)c1ccc(C)cc1. The lowest BCUT2D eigenvalue weighted by atomic mass is 10.1. The van der Waals surface area contributed by atoms with Crippen LogP contribution in [0.3, 0.4) is 0 Å². The molecule has 7 nitrogen and oxygen atoms in total. The zero-order valence-corrected chi connectivity index (χ0v) is 21.9. The van der Waals surface area contributed by atoms with Crippen molar-refractivity contribution >= 4 is 33.0 Å². The van der Waals surface area contributed by atoms with Crippen molar-refractivity contribution in [3.8, 4) is 0 Å². The van der Waals surface area contributed by atoms with Gasteiger partial charge in [0.1, 0.15) is 0 Å². The summed E-state index contributed by atoms with van der Waals surface area (Å²) in [4.78, 5) is 29.3. The molecule has 0 radical (unpaired) electrons. The van der Waals surface area contributed by atoms with Crippen LogP contribution in [0.25, 0.3) is 0 Å². The second-order valence-electron chi connectivity index (χ2n) is 9.21. The Hall–Kier alpha value is -3.65. The normalized spacial score (nSPS) is 14.0. The highest BCUT2D eigenvalue weighted by molar-refractivity contribution is 7.91. The number of hydrogen-bond donors (Lipinski definition) is 1. The topological polar surface area (TPSA) is 86.8 Å². The van der Waals surface area contributed by atoms with Crippen LogP contribution in [0.5, 0.6) is 0 Å². The number of sulfone groups is 1. The molecule has 0 spiro atoms.